The Labute approximate surface area is 87.7 Å². The summed E-state index contributed by atoms with van der Waals surface area (Å²) in [6.07, 6.45) is -0.955. The van der Waals surface area contributed by atoms with Gasteiger partial charge in [0.1, 0.15) is 11.2 Å². The second-order valence-corrected chi connectivity index (χ2v) is 3.93. The summed E-state index contributed by atoms with van der Waals surface area (Å²) < 4.78 is 9.66. The number of hydrogen-bond donors (Lipinski definition) is 0. The van der Waals surface area contributed by atoms with Crippen LogP contribution in [0.3, 0.4) is 0 Å². The van der Waals surface area contributed by atoms with Crippen LogP contribution in [-0.2, 0) is 23.9 Å². The maximum atomic E-state index is 11.5. The third-order valence-corrected chi connectivity index (χ3v) is 2.98. The van der Waals surface area contributed by atoms with Crippen molar-refractivity contribution in [3.05, 3.63) is 0 Å². The monoisotopic (exact) mass is 214 g/mol. The average Bonchev–Trinajstić information content (AvgIpc) is 2.31. The molecule has 0 aliphatic carbocycles. The number of esters is 2. The quantitative estimate of drug-likeness (QED) is 0.499. The lowest BCUT2D eigenvalue weighted by Gasteiger charge is -2.21. The molecule has 15 heavy (non-hydrogen) atoms. The molecule has 0 unspecified atom stereocenters. The van der Waals surface area contributed by atoms with Gasteiger partial charge in [-0.2, -0.15) is 0 Å². The van der Waals surface area contributed by atoms with Crippen LogP contribution in [0.4, 0.5) is 0 Å². The number of cyclic esters (lactones) is 1. The maximum absolute atomic E-state index is 11.5. The topological polar surface area (TPSA) is 69.7 Å². The first-order valence-electron chi connectivity index (χ1n) is 4.69. The van der Waals surface area contributed by atoms with Gasteiger partial charge >= 0.3 is 11.9 Å². The van der Waals surface area contributed by atoms with Gasteiger partial charge in [0.05, 0.1) is 5.92 Å². The zero-order valence-corrected chi connectivity index (χ0v) is 9.20. The summed E-state index contributed by atoms with van der Waals surface area (Å²) in [5.74, 6) is -1.91. The van der Waals surface area contributed by atoms with E-state index in [-0.39, 0.29) is 5.78 Å². The molecule has 0 saturated carbocycles. The van der Waals surface area contributed by atoms with Gasteiger partial charge in [0.2, 0.25) is 0 Å². The molecule has 5 heteroatoms. The van der Waals surface area contributed by atoms with Crippen molar-refractivity contribution >= 4 is 17.7 Å². The summed E-state index contributed by atoms with van der Waals surface area (Å²) in [5, 5.41) is 0. The van der Waals surface area contributed by atoms with Gasteiger partial charge in [-0.25, -0.2) is 0 Å². The Hall–Kier alpha value is -1.39. The Morgan fingerprint density at radius 3 is 2.27 bits per heavy atom. The number of ketones is 1. The van der Waals surface area contributed by atoms with Crippen LogP contribution in [0.1, 0.15) is 27.7 Å². The Balaban J connectivity index is 2.92. The second kappa shape index (κ2) is 3.64. The number of Topliss-reactive ketones (excluding diaryl/α,β-unsaturated/α-hetero) is 1. The number of hydrogen-bond acceptors (Lipinski definition) is 5. The molecule has 3 atom stereocenters. The molecule has 0 N–H and O–H groups in total. The van der Waals surface area contributed by atoms with Gasteiger partial charge in [-0.1, -0.05) is 6.92 Å². The first-order chi connectivity index (χ1) is 6.80. The van der Waals surface area contributed by atoms with Crippen molar-refractivity contribution < 1.29 is 23.9 Å². The van der Waals surface area contributed by atoms with Crippen molar-refractivity contribution in [2.75, 3.05) is 0 Å². The SMILES string of the molecule is CC(=O)O[C@H]1OC(=O)[C@@](C)(C(C)=O)[C@H]1C. The lowest BCUT2D eigenvalue weighted by molar-refractivity contribution is -0.179. The number of carbonyl (C=O) groups excluding carboxylic acids is 3. The zero-order chi connectivity index (χ0) is 11.8. The molecule has 84 valence electrons. The van der Waals surface area contributed by atoms with Crippen molar-refractivity contribution in [3.8, 4) is 0 Å². The molecule has 1 saturated heterocycles. The van der Waals surface area contributed by atoms with Crippen molar-refractivity contribution in [3.63, 3.8) is 0 Å². The molecule has 0 aromatic heterocycles. The maximum Gasteiger partial charge on any atom is 0.322 e. The van der Waals surface area contributed by atoms with E-state index < -0.39 is 29.6 Å². The van der Waals surface area contributed by atoms with Crippen LogP contribution in [-0.4, -0.2) is 24.0 Å². The number of carbonyl (C=O) groups is 3. The molecule has 1 aliphatic rings. The first-order valence-corrected chi connectivity index (χ1v) is 4.69. The standard InChI is InChI=1S/C10H14O5/c1-5-8(14-7(3)12)15-9(13)10(5,4)6(2)11/h5,8H,1-4H3/t5-,8-,10+/m0/s1. The van der Waals surface area contributed by atoms with Crippen molar-refractivity contribution in [2.24, 2.45) is 11.3 Å². The van der Waals surface area contributed by atoms with E-state index in [1.165, 1.54) is 20.8 Å². The minimum Gasteiger partial charge on any atom is -0.425 e. The van der Waals surface area contributed by atoms with E-state index in [0.29, 0.717) is 0 Å². The van der Waals surface area contributed by atoms with E-state index in [1.54, 1.807) is 6.92 Å². The van der Waals surface area contributed by atoms with Crippen LogP contribution >= 0.6 is 0 Å². The van der Waals surface area contributed by atoms with E-state index in [0.717, 1.165) is 0 Å². The van der Waals surface area contributed by atoms with Crippen LogP contribution in [0.15, 0.2) is 0 Å². The third kappa shape index (κ3) is 1.73. The van der Waals surface area contributed by atoms with Gasteiger partial charge < -0.3 is 9.47 Å². The third-order valence-electron chi connectivity index (χ3n) is 2.98. The summed E-state index contributed by atoms with van der Waals surface area (Å²) >= 11 is 0. The van der Waals surface area contributed by atoms with Gasteiger partial charge in [-0.05, 0) is 13.8 Å². The van der Waals surface area contributed by atoms with Gasteiger partial charge in [0, 0.05) is 6.92 Å². The molecule has 1 heterocycles. The highest BCUT2D eigenvalue weighted by Crippen LogP contribution is 2.40. The van der Waals surface area contributed by atoms with Crippen molar-refractivity contribution in [1.82, 2.24) is 0 Å². The van der Waals surface area contributed by atoms with Gasteiger partial charge in [-0.3, -0.25) is 14.4 Å². The predicted octanol–water partition coefficient (Wildman–Crippen LogP) is 0.664. The normalized spacial score (nSPS) is 34.8. The minimum atomic E-state index is -1.21. The second-order valence-electron chi connectivity index (χ2n) is 3.93. The lowest BCUT2D eigenvalue weighted by Crippen LogP contribution is -2.37. The molecule has 0 spiro atoms. The summed E-state index contributed by atoms with van der Waals surface area (Å²) in [6.45, 7) is 5.71. The largest absolute Gasteiger partial charge is 0.425 e. The highest BCUT2D eigenvalue weighted by Gasteiger charge is 2.56. The summed E-state index contributed by atoms with van der Waals surface area (Å²) in [7, 11) is 0. The fourth-order valence-corrected chi connectivity index (χ4v) is 1.54. The summed E-state index contributed by atoms with van der Waals surface area (Å²) in [4.78, 5) is 33.6. The van der Waals surface area contributed by atoms with E-state index in [1.807, 2.05) is 0 Å². The van der Waals surface area contributed by atoms with Gasteiger partial charge in [0.15, 0.2) is 0 Å². The van der Waals surface area contributed by atoms with E-state index in [2.05, 4.69) is 0 Å². The molecule has 5 nitrogen and oxygen atoms in total. The minimum absolute atomic E-state index is 0.283. The van der Waals surface area contributed by atoms with E-state index in [9.17, 15) is 14.4 Å². The van der Waals surface area contributed by atoms with Crippen molar-refractivity contribution in [1.29, 1.82) is 0 Å². The molecule has 0 amide bonds. The van der Waals surface area contributed by atoms with Crippen molar-refractivity contribution in [2.45, 2.75) is 34.0 Å². The lowest BCUT2D eigenvalue weighted by atomic mass is 9.77. The fourth-order valence-electron chi connectivity index (χ4n) is 1.54. The molecular weight excluding hydrogens is 200 g/mol. The molecular formula is C10H14O5. The Morgan fingerprint density at radius 2 is 1.93 bits per heavy atom. The van der Waals surface area contributed by atoms with Crippen LogP contribution < -0.4 is 0 Å². The molecule has 0 bridgehead atoms. The first kappa shape index (κ1) is 11.7. The Bertz CT molecular complexity index is 322. The average molecular weight is 214 g/mol. The van der Waals surface area contributed by atoms with Crippen LogP contribution in [0.5, 0.6) is 0 Å². The highest BCUT2D eigenvalue weighted by molar-refractivity contribution is 6.03. The van der Waals surface area contributed by atoms with Crippen LogP contribution in [0.25, 0.3) is 0 Å². The smallest absolute Gasteiger partial charge is 0.322 e. The molecule has 0 aromatic rings. The van der Waals surface area contributed by atoms with Crippen LogP contribution in [0.2, 0.25) is 0 Å². The Kier molecular flexibility index (Phi) is 2.83. The highest BCUT2D eigenvalue weighted by atomic mass is 16.7. The van der Waals surface area contributed by atoms with Crippen LogP contribution in [0, 0.1) is 11.3 Å². The van der Waals surface area contributed by atoms with Gasteiger partial charge in [0.25, 0.3) is 6.29 Å². The zero-order valence-electron chi connectivity index (χ0n) is 9.20. The van der Waals surface area contributed by atoms with E-state index >= 15 is 0 Å². The molecule has 0 aromatic carbocycles. The molecule has 0 radical (unpaired) electrons. The molecule has 1 aliphatic heterocycles. The predicted molar refractivity (Wildman–Crippen MR) is 49.6 cm³/mol. The summed E-state index contributed by atoms with van der Waals surface area (Å²) in [5.41, 5.74) is -1.21. The van der Waals surface area contributed by atoms with Gasteiger partial charge in [-0.15, -0.1) is 0 Å². The van der Waals surface area contributed by atoms with E-state index in [4.69, 9.17) is 9.47 Å². The molecule has 1 fully saturated rings. The summed E-state index contributed by atoms with van der Waals surface area (Å²) in [6, 6.07) is 0. The number of ether oxygens (including phenoxy) is 2. The molecule has 1 rings (SSSR count). The Morgan fingerprint density at radius 1 is 1.40 bits per heavy atom. The fraction of sp³-hybridized carbons (Fsp3) is 0.700. The number of rotatable bonds is 2.